The fourth-order valence-electron chi connectivity index (χ4n) is 2.21. The Hall–Kier alpha value is -2.33. The highest BCUT2D eigenvalue weighted by Crippen LogP contribution is 2.20. The van der Waals surface area contributed by atoms with Crippen LogP contribution in [0.1, 0.15) is 16.6 Å². The Morgan fingerprint density at radius 2 is 2.16 bits per heavy atom. The molecule has 1 amide bonds. The lowest BCUT2D eigenvalue weighted by molar-refractivity contribution is -0.0993. The fraction of sp³-hybridized carbons (Fsp3) is 0.267. The van der Waals surface area contributed by atoms with Gasteiger partial charge in [0.05, 0.1) is 19.4 Å². The molecule has 3 rings (SSSR count). The van der Waals surface area contributed by atoms with Crippen molar-refractivity contribution in [1.29, 1.82) is 0 Å². The summed E-state index contributed by atoms with van der Waals surface area (Å²) in [6.45, 7) is -0.431. The molecule has 2 unspecified atom stereocenters. The van der Waals surface area contributed by atoms with E-state index in [0.717, 1.165) is 10.8 Å². The Bertz CT molecular complexity index is 842. The molecule has 0 bridgehead atoms. The number of nitrogens with one attached hydrogen (secondary N) is 1. The van der Waals surface area contributed by atoms with E-state index in [9.17, 15) is 14.0 Å². The number of rotatable bonds is 4. The van der Waals surface area contributed by atoms with E-state index in [1.54, 1.807) is 0 Å². The number of aliphatic hydroxyl groups excluding tert-OH is 1. The zero-order valence-electron chi connectivity index (χ0n) is 12.7. The molecule has 25 heavy (non-hydrogen) atoms. The number of halogens is 2. The highest BCUT2D eigenvalue weighted by atomic mass is 35.5. The summed E-state index contributed by atoms with van der Waals surface area (Å²) in [5, 5.41) is 11.6. The van der Waals surface area contributed by atoms with Crippen molar-refractivity contribution in [3.05, 3.63) is 57.3 Å². The molecule has 1 fully saturated rings. The molecule has 0 aliphatic carbocycles. The maximum atomic E-state index is 14.2. The summed E-state index contributed by atoms with van der Waals surface area (Å²) < 4.78 is 25.4. The number of amides is 1. The standard InChI is InChI=1S/C15H13ClFN3O5/c16-9-3-1-8(2-4-9)14(22)18-13-10(17)5-20(15(23)19-13)11-7-24-12(6-21)25-11/h1-5,11-12,21H,6-7H2,(H,18,19,22,23). The number of ether oxygens (including phenoxy) is 2. The van der Waals surface area contributed by atoms with E-state index in [0.29, 0.717) is 5.02 Å². The van der Waals surface area contributed by atoms with E-state index in [4.69, 9.17) is 26.2 Å². The van der Waals surface area contributed by atoms with Crippen LogP contribution < -0.4 is 11.0 Å². The number of aliphatic hydroxyl groups is 1. The molecule has 1 aliphatic rings. The quantitative estimate of drug-likeness (QED) is 0.838. The van der Waals surface area contributed by atoms with Gasteiger partial charge in [-0.3, -0.25) is 9.36 Å². The second-order valence-electron chi connectivity index (χ2n) is 5.12. The SMILES string of the molecule is O=C(Nc1nc(=O)n(C2COC(CO)O2)cc1F)c1ccc(Cl)cc1. The van der Waals surface area contributed by atoms with Gasteiger partial charge in [-0.1, -0.05) is 11.6 Å². The molecule has 2 atom stereocenters. The van der Waals surface area contributed by atoms with E-state index in [1.165, 1.54) is 24.3 Å². The van der Waals surface area contributed by atoms with E-state index in [1.807, 2.05) is 0 Å². The molecular weight excluding hydrogens is 357 g/mol. The van der Waals surface area contributed by atoms with Crippen molar-refractivity contribution in [3.63, 3.8) is 0 Å². The van der Waals surface area contributed by atoms with Gasteiger partial charge < -0.3 is 19.9 Å². The highest BCUT2D eigenvalue weighted by Gasteiger charge is 2.28. The Balaban J connectivity index is 1.79. The smallest absolute Gasteiger partial charge is 0.351 e. The van der Waals surface area contributed by atoms with Gasteiger partial charge in [0.1, 0.15) is 0 Å². The first-order chi connectivity index (χ1) is 12.0. The molecule has 1 aromatic heterocycles. The third-order valence-electron chi connectivity index (χ3n) is 3.44. The predicted octanol–water partition coefficient (Wildman–Crippen LogP) is 1.15. The van der Waals surface area contributed by atoms with Gasteiger partial charge in [-0.2, -0.15) is 4.98 Å². The molecule has 8 nitrogen and oxygen atoms in total. The molecule has 0 radical (unpaired) electrons. The minimum Gasteiger partial charge on any atom is -0.391 e. The fourth-order valence-corrected chi connectivity index (χ4v) is 2.33. The van der Waals surface area contributed by atoms with Crippen molar-refractivity contribution in [3.8, 4) is 0 Å². The van der Waals surface area contributed by atoms with E-state index < -0.39 is 42.4 Å². The molecule has 2 heterocycles. The lowest BCUT2D eigenvalue weighted by Gasteiger charge is -2.13. The van der Waals surface area contributed by atoms with E-state index >= 15 is 0 Å². The van der Waals surface area contributed by atoms with Gasteiger partial charge in [-0.25, -0.2) is 9.18 Å². The largest absolute Gasteiger partial charge is 0.391 e. The summed E-state index contributed by atoms with van der Waals surface area (Å²) in [6.07, 6.45) is -0.933. The average molecular weight is 370 g/mol. The molecule has 1 aliphatic heterocycles. The molecule has 2 N–H and O–H groups in total. The Morgan fingerprint density at radius 3 is 2.80 bits per heavy atom. The third-order valence-corrected chi connectivity index (χ3v) is 3.69. The van der Waals surface area contributed by atoms with Crippen LogP contribution in [-0.2, 0) is 9.47 Å². The Labute approximate surface area is 145 Å². The minimum absolute atomic E-state index is 0.0390. The summed E-state index contributed by atoms with van der Waals surface area (Å²) in [5.74, 6) is -2.06. The summed E-state index contributed by atoms with van der Waals surface area (Å²) in [7, 11) is 0. The number of hydrogen-bond acceptors (Lipinski definition) is 6. The van der Waals surface area contributed by atoms with Crippen LogP contribution in [-0.4, -0.2) is 40.1 Å². The van der Waals surface area contributed by atoms with Gasteiger partial charge in [0, 0.05) is 10.6 Å². The molecule has 2 aromatic rings. The van der Waals surface area contributed by atoms with Gasteiger partial charge in [-0.15, -0.1) is 0 Å². The maximum Gasteiger partial charge on any atom is 0.351 e. The van der Waals surface area contributed by atoms with Crippen LogP contribution in [0, 0.1) is 5.82 Å². The van der Waals surface area contributed by atoms with Crippen molar-refractivity contribution in [2.24, 2.45) is 0 Å². The van der Waals surface area contributed by atoms with Crippen LogP contribution in [0.25, 0.3) is 0 Å². The summed E-state index contributed by atoms with van der Waals surface area (Å²) in [6, 6.07) is 5.92. The maximum absolute atomic E-state index is 14.2. The normalized spacial score (nSPS) is 19.8. The zero-order valence-corrected chi connectivity index (χ0v) is 13.4. The van der Waals surface area contributed by atoms with Gasteiger partial charge in [0.25, 0.3) is 5.91 Å². The number of carbonyl (C=O) groups is 1. The minimum atomic E-state index is -0.919. The summed E-state index contributed by atoms with van der Waals surface area (Å²) in [5.41, 5.74) is -0.604. The van der Waals surface area contributed by atoms with E-state index in [2.05, 4.69) is 10.3 Å². The Morgan fingerprint density at radius 1 is 1.44 bits per heavy atom. The molecule has 10 heteroatoms. The monoisotopic (exact) mass is 369 g/mol. The topological polar surface area (TPSA) is 103 Å². The van der Waals surface area contributed by atoms with Crippen LogP contribution in [0.5, 0.6) is 0 Å². The van der Waals surface area contributed by atoms with Gasteiger partial charge >= 0.3 is 5.69 Å². The number of nitrogens with zero attached hydrogens (tertiary/aromatic N) is 2. The van der Waals surface area contributed by atoms with Crippen molar-refractivity contribution >= 4 is 23.3 Å². The predicted molar refractivity (Wildman–Crippen MR) is 84.8 cm³/mol. The molecule has 132 valence electrons. The van der Waals surface area contributed by atoms with Gasteiger partial charge in [-0.05, 0) is 24.3 Å². The molecule has 1 saturated heterocycles. The zero-order chi connectivity index (χ0) is 18.0. The third kappa shape index (κ3) is 3.85. The molecule has 1 aromatic carbocycles. The van der Waals surface area contributed by atoms with Crippen LogP contribution in [0.4, 0.5) is 10.2 Å². The lowest BCUT2D eigenvalue weighted by atomic mass is 10.2. The van der Waals surface area contributed by atoms with Crippen molar-refractivity contribution in [2.75, 3.05) is 18.5 Å². The van der Waals surface area contributed by atoms with Crippen LogP contribution in [0.2, 0.25) is 5.02 Å². The number of carbonyl (C=O) groups excluding carboxylic acids is 1. The summed E-state index contributed by atoms with van der Waals surface area (Å²) in [4.78, 5) is 27.7. The van der Waals surface area contributed by atoms with Gasteiger partial charge in [0.15, 0.2) is 24.2 Å². The number of aromatic nitrogens is 2. The van der Waals surface area contributed by atoms with Crippen molar-refractivity contribution in [2.45, 2.75) is 12.5 Å². The van der Waals surface area contributed by atoms with Crippen LogP contribution >= 0.6 is 11.6 Å². The van der Waals surface area contributed by atoms with Crippen LogP contribution in [0.3, 0.4) is 0 Å². The number of benzene rings is 1. The number of hydrogen-bond donors (Lipinski definition) is 2. The van der Waals surface area contributed by atoms with Crippen molar-refractivity contribution in [1.82, 2.24) is 9.55 Å². The second-order valence-corrected chi connectivity index (χ2v) is 5.56. The molecule has 0 saturated carbocycles. The van der Waals surface area contributed by atoms with Gasteiger partial charge in [0.2, 0.25) is 0 Å². The molecular formula is C15H13ClFN3O5. The first-order valence-corrected chi connectivity index (χ1v) is 7.59. The second kappa shape index (κ2) is 7.28. The lowest BCUT2D eigenvalue weighted by Crippen LogP contribution is -2.30. The highest BCUT2D eigenvalue weighted by molar-refractivity contribution is 6.30. The molecule has 0 spiro atoms. The first kappa shape index (κ1) is 17.5. The summed E-state index contributed by atoms with van der Waals surface area (Å²) >= 11 is 5.74. The van der Waals surface area contributed by atoms with Crippen LogP contribution in [0.15, 0.2) is 35.3 Å². The van der Waals surface area contributed by atoms with E-state index in [-0.39, 0.29) is 12.2 Å². The number of anilines is 1. The average Bonchev–Trinajstić information content (AvgIpc) is 3.07. The van der Waals surface area contributed by atoms with Crippen molar-refractivity contribution < 1.29 is 23.8 Å². The Kier molecular flexibility index (Phi) is 5.09. The first-order valence-electron chi connectivity index (χ1n) is 7.21.